The molecule has 3 rings (SSSR count). The SMILES string of the molecule is CC1CCC(NC(=O)C(C)N2C(=O)c3cc(Cl)c(Cl)cc3C2=O)CC1. The monoisotopic (exact) mass is 382 g/mol. The van der Waals surface area contributed by atoms with Gasteiger partial charge in [-0.15, -0.1) is 0 Å². The zero-order valence-electron chi connectivity index (χ0n) is 14.1. The summed E-state index contributed by atoms with van der Waals surface area (Å²) in [6.07, 6.45) is 3.99. The molecule has 1 unspecified atom stereocenters. The molecule has 134 valence electrons. The van der Waals surface area contributed by atoms with Crippen molar-refractivity contribution in [1.29, 1.82) is 0 Å². The molecule has 2 aliphatic rings. The van der Waals surface area contributed by atoms with Gasteiger partial charge in [0.1, 0.15) is 6.04 Å². The summed E-state index contributed by atoms with van der Waals surface area (Å²) in [7, 11) is 0. The lowest BCUT2D eigenvalue weighted by Crippen LogP contribution is -2.50. The lowest BCUT2D eigenvalue weighted by molar-refractivity contribution is -0.125. The van der Waals surface area contributed by atoms with Crippen LogP contribution in [-0.2, 0) is 4.79 Å². The molecular formula is C18H20Cl2N2O3. The highest BCUT2D eigenvalue weighted by Crippen LogP contribution is 2.32. The van der Waals surface area contributed by atoms with Crippen LogP contribution in [0, 0.1) is 5.92 Å². The van der Waals surface area contributed by atoms with E-state index < -0.39 is 17.9 Å². The van der Waals surface area contributed by atoms with E-state index in [2.05, 4.69) is 12.2 Å². The van der Waals surface area contributed by atoms with Crippen LogP contribution in [0.3, 0.4) is 0 Å². The van der Waals surface area contributed by atoms with Crippen molar-refractivity contribution in [1.82, 2.24) is 10.2 Å². The number of nitrogens with one attached hydrogen (secondary N) is 1. The highest BCUT2D eigenvalue weighted by atomic mass is 35.5. The molecule has 3 amide bonds. The standard InChI is InChI=1S/C18H20Cl2N2O3/c1-9-3-5-11(6-4-9)21-16(23)10(2)22-17(24)12-7-14(19)15(20)8-13(12)18(22)25/h7-11H,3-6H2,1-2H3,(H,21,23). The zero-order valence-corrected chi connectivity index (χ0v) is 15.7. The van der Waals surface area contributed by atoms with Gasteiger partial charge in [-0.1, -0.05) is 30.1 Å². The summed E-state index contributed by atoms with van der Waals surface area (Å²) in [6.45, 7) is 3.77. The van der Waals surface area contributed by atoms with E-state index in [1.54, 1.807) is 6.92 Å². The fourth-order valence-electron chi connectivity index (χ4n) is 3.45. The topological polar surface area (TPSA) is 66.5 Å². The van der Waals surface area contributed by atoms with Crippen LogP contribution in [0.25, 0.3) is 0 Å². The van der Waals surface area contributed by atoms with Crippen LogP contribution in [0.4, 0.5) is 0 Å². The van der Waals surface area contributed by atoms with E-state index in [9.17, 15) is 14.4 Å². The summed E-state index contributed by atoms with van der Waals surface area (Å²) < 4.78 is 0. The molecule has 1 aromatic carbocycles. The third-order valence-corrected chi connectivity index (χ3v) is 5.81. The molecule has 0 aromatic heterocycles. The molecule has 0 bridgehead atoms. The minimum atomic E-state index is -0.885. The molecule has 1 atom stereocenters. The highest BCUT2D eigenvalue weighted by molar-refractivity contribution is 6.43. The van der Waals surface area contributed by atoms with Crippen molar-refractivity contribution in [3.63, 3.8) is 0 Å². The summed E-state index contributed by atoms with van der Waals surface area (Å²) in [5.74, 6) is -0.667. The van der Waals surface area contributed by atoms with Crippen LogP contribution in [0.15, 0.2) is 12.1 Å². The van der Waals surface area contributed by atoms with Crippen molar-refractivity contribution < 1.29 is 14.4 Å². The Hall–Kier alpha value is -1.59. The summed E-state index contributed by atoms with van der Waals surface area (Å²) in [4.78, 5) is 38.7. The van der Waals surface area contributed by atoms with Crippen LogP contribution in [-0.4, -0.2) is 34.7 Å². The number of nitrogens with zero attached hydrogens (tertiary/aromatic N) is 1. The number of hydrogen-bond donors (Lipinski definition) is 1. The first-order chi connectivity index (χ1) is 11.8. The third-order valence-electron chi connectivity index (χ3n) is 5.09. The Labute approximate surface area is 156 Å². The van der Waals surface area contributed by atoms with Gasteiger partial charge in [-0.3, -0.25) is 19.3 Å². The van der Waals surface area contributed by atoms with Crippen molar-refractivity contribution in [3.8, 4) is 0 Å². The quantitative estimate of drug-likeness (QED) is 0.810. The number of imide groups is 1. The highest BCUT2D eigenvalue weighted by Gasteiger charge is 2.41. The van der Waals surface area contributed by atoms with Crippen LogP contribution < -0.4 is 5.32 Å². The Kier molecular flexibility index (Phi) is 5.07. The Morgan fingerprint density at radius 3 is 2.04 bits per heavy atom. The summed E-state index contributed by atoms with van der Waals surface area (Å²) in [6, 6.07) is 1.98. The van der Waals surface area contributed by atoms with E-state index in [0.29, 0.717) is 5.92 Å². The van der Waals surface area contributed by atoms with E-state index in [1.807, 2.05) is 0 Å². The third kappa shape index (κ3) is 3.40. The fraction of sp³-hybridized carbons (Fsp3) is 0.500. The van der Waals surface area contributed by atoms with Crippen LogP contribution in [0.2, 0.25) is 10.0 Å². The van der Waals surface area contributed by atoms with Gasteiger partial charge in [-0.05, 0) is 50.7 Å². The molecule has 0 radical (unpaired) electrons. The fourth-order valence-corrected chi connectivity index (χ4v) is 3.78. The smallest absolute Gasteiger partial charge is 0.262 e. The van der Waals surface area contributed by atoms with Gasteiger partial charge in [-0.2, -0.15) is 0 Å². The number of halogens is 2. The maximum atomic E-state index is 12.6. The second-order valence-electron chi connectivity index (χ2n) is 6.93. The van der Waals surface area contributed by atoms with Crippen molar-refractivity contribution in [2.45, 2.75) is 51.6 Å². The number of rotatable bonds is 3. The van der Waals surface area contributed by atoms with Gasteiger partial charge >= 0.3 is 0 Å². The van der Waals surface area contributed by atoms with Crippen molar-refractivity contribution in [2.24, 2.45) is 5.92 Å². The van der Waals surface area contributed by atoms with Gasteiger partial charge in [0.05, 0.1) is 21.2 Å². The molecule has 1 saturated carbocycles. The summed E-state index contributed by atoms with van der Waals surface area (Å²) in [5.41, 5.74) is 0.371. The van der Waals surface area contributed by atoms with Gasteiger partial charge in [-0.25, -0.2) is 0 Å². The van der Waals surface area contributed by atoms with E-state index in [1.165, 1.54) is 12.1 Å². The first kappa shape index (κ1) is 18.2. The molecule has 1 heterocycles. The van der Waals surface area contributed by atoms with Crippen LogP contribution >= 0.6 is 23.2 Å². The number of carbonyl (C=O) groups excluding carboxylic acids is 3. The van der Waals surface area contributed by atoms with Crippen molar-refractivity contribution in [3.05, 3.63) is 33.3 Å². The van der Waals surface area contributed by atoms with Gasteiger partial charge in [0.2, 0.25) is 5.91 Å². The first-order valence-electron chi connectivity index (χ1n) is 8.47. The number of amides is 3. The first-order valence-corrected chi connectivity index (χ1v) is 9.22. The average molecular weight is 383 g/mol. The maximum absolute atomic E-state index is 12.6. The van der Waals surface area contributed by atoms with Crippen LogP contribution in [0.1, 0.15) is 60.2 Å². The largest absolute Gasteiger partial charge is 0.352 e. The lowest BCUT2D eigenvalue weighted by atomic mass is 9.87. The van der Waals surface area contributed by atoms with Gasteiger partial charge < -0.3 is 5.32 Å². The average Bonchev–Trinajstić information content (AvgIpc) is 2.80. The van der Waals surface area contributed by atoms with Crippen molar-refractivity contribution >= 4 is 40.9 Å². The van der Waals surface area contributed by atoms with E-state index in [0.717, 1.165) is 30.6 Å². The van der Waals surface area contributed by atoms with Gasteiger partial charge in [0, 0.05) is 6.04 Å². The summed E-state index contributed by atoms with van der Waals surface area (Å²) >= 11 is 11.9. The second kappa shape index (κ2) is 6.96. The normalized spacial score (nSPS) is 24.2. The predicted octanol–water partition coefficient (Wildman–Crippen LogP) is 3.67. The second-order valence-corrected chi connectivity index (χ2v) is 7.75. The number of hydrogen-bond acceptors (Lipinski definition) is 3. The minimum Gasteiger partial charge on any atom is -0.352 e. The lowest BCUT2D eigenvalue weighted by Gasteiger charge is -2.29. The molecule has 1 fully saturated rings. The van der Waals surface area contributed by atoms with E-state index >= 15 is 0 Å². The molecular weight excluding hydrogens is 363 g/mol. The molecule has 1 N–H and O–H groups in total. The number of benzene rings is 1. The molecule has 7 heteroatoms. The number of carbonyl (C=O) groups is 3. The molecule has 0 saturated heterocycles. The summed E-state index contributed by atoms with van der Waals surface area (Å²) in [5, 5.41) is 3.38. The molecule has 5 nitrogen and oxygen atoms in total. The molecule has 25 heavy (non-hydrogen) atoms. The Morgan fingerprint density at radius 1 is 1.08 bits per heavy atom. The minimum absolute atomic E-state index is 0.102. The van der Waals surface area contributed by atoms with E-state index in [-0.39, 0.29) is 33.1 Å². The Balaban J connectivity index is 1.74. The maximum Gasteiger partial charge on any atom is 0.262 e. The predicted molar refractivity (Wildman–Crippen MR) is 96.0 cm³/mol. The van der Waals surface area contributed by atoms with Gasteiger partial charge in [0.15, 0.2) is 0 Å². The number of fused-ring (bicyclic) bond motifs is 1. The Morgan fingerprint density at radius 2 is 1.56 bits per heavy atom. The Bertz CT molecular complexity index is 701. The molecule has 1 aliphatic carbocycles. The molecule has 1 aliphatic heterocycles. The van der Waals surface area contributed by atoms with E-state index in [4.69, 9.17) is 23.2 Å². The van der Waals surface area contributed by atoms with Gasteiger partial charge in [0.25, 0.3) is 11.8 Å². The zero-order chi connectivity index (χ0) is 18.3. The molecule has 0 spiro atoms. The van der Waals surface area contributed by atoms with Crippen molar-refractivity contribution in [2.75, 3.05) is 0 Å². The van der Waals surface area contributed by atoms with Crippen LogP contribution in [0.5, 0.6) is 0 Å². The molecule has 1 aromatic rings.